The largest absolute Gasteiger partial charge is 0.377 e. The van der Waals surface area contributed by atoms with Crippen LogP contribution in [0.2, 0.25) is 0 Å². The molecule has 0 aliphatic rings. The van der Waals surface area contributed by atoms with E-state index in [0.29, 0.717) is 16.6 Å². The van der Waals surface area contributed by atoms with Crippen LogP contribution in [0.25, 0.3) is 22.1 Å². The number of hydrogen-bond acceptors (Lipinski definition) is 5. The number of hydrogen-bond donors (Lipinski definition) is 0. The molecule has 124 valence electrons. The fraction of sp³-hybridized carbons (Fsp3) is 0.0526. The van der Waals surface area contributed by atoms with E-state index < -0.39 is 10.1 Å². The third-order valence-corrected chi connectivity index (χ3v) is 5.09. The van der Waals surface area contributed by atoms with Crippen LogP contribution in [0.3, 0.4) is 0 Å². The Bertz CT molecular complexity index is 1190. The zero-order valence-corrected chi connectivity index (χ0v) is 14.2. The molecule has 0 aliphatic carbocycles. The molecule has 0 N–H and O–H groups in total. The van der Waals surface area contributed by atoms with Crippen molar-refractivity contribution in [1.82, 2.24) is 9.97 Å². The molecule has 6 heteroatoms. The summed E-state index contributed by atoms with van der Waals surface area (Å²) < 4.78 is 30.5. The summed E-state index contributed by atoms with van der Waals surface area (Å²) in [5, 5.41) is 0. The molecule has 4 rings (SSSR count). The number of para-hydroxylation sites is 3. The van der Waals surface area contributed by atoms with Gasteiger partial charge in [-0.2, -0.15) is 8.42 Å². The zero-order valence-electron chi connectivity index (χ0n) is 13.4. The molecule has 0 radical (unpaired) electrons. The normalized spacial score (nSPS) is 11.7. The summed E-state index contributed by atoms with van der Waals surface area (Å²) in [7, 11) is -3.94. The highest BCUT2D eigenvalue weighted by molar-refractivity contribution is 7.87. The molecule has 1 heterocycles. The van der Waals surface area contributed by atoms with E-state index in [1.165, 1.54) is 12.1 Å². The number of aryl methyl sites for hydroxylation is 1. The Morgan fingerprint density at radius 3 is 2.12 bits per heavy atom. The molecule has 0 saturated carbocycles. The Labute approximate surface area is 145 Å². The van der Waals surface area contributed by atoms with E-state index >= 15 is 0 Å². The number of nitrogens with zero attached hydrogens (tertiary/aromatic N) is 2. The summed E-state index contributed by atoms with van der Waals surface area (Å²) in [5.41, 5.74) is 3.39. The van der Waals surface area contributed by atoms with Crippen LogP contribution < -0.4 is 4.18 Å². The van der Waals surface area contributed by atoms with Crippen molar-refractivity contribution in [3.63, 3.8) is 0 Å². The summed E-state index contributed by atoms with van der Waals surface area (Å²) in [6.07, 6.45) is 0. The van der Waals surface area contributed by atoms with Gasteiger partial charge in [0.2, 0.25) is 0 Å². The first-order valence-electron chi connectivity index (χ1n) is 7.70. The predicted molar refractivity (Wildman–Crippen MR) is 96.0 cm³/mol. The molecular weight excluding hydrogens is 336 g/mol. The lowest BCUT2D eigenvalue weighted by atomic mass is 10.2. The lowest BCUT2D eigenvalue weighted by molar-refractivity contribution is 0.488. The maximum atomic E-state index is 12.5. The molecular formula is C19H14N2O3S. The smallest absolute Gasteiger partial charge is 0.339 e. The van der Waals surface area contributed by atoms with Crippen LogP contribution in [-0.2, 0) is 10.1 Å². The lowest BCUT2D eigenvalue weighted by Gasteiger charge is -2.09. The predicted octanol–water partition coefficient (Wildman–Crippen LogP) is 3.86. The third-order valence-electron chi connectivity index (χ3n) is 3.84. The van der Waals surface area contributed by atoms with Gasteiger partial charge in [0.05, 0.1) is 16.6 Å². The highest BCUT2D eigenvalue weighted by atomic mass is 32.2. The van der Waals surface area contributed by atoms with Crippen molar-refractivity contribution in [2.75, 3.05) is 0 Å². The van der Waals surface area contributed by atoms with Gasteiger partial charge in [0.15, 0.2) is 5.75 Å². The van der Waals surface area contributed by atoms with Gasteiger partial charge in [-0.3, -0.25) is 0 Å². The van der Waals surface area contributed by atoms with Crippen molar-refractivity contribution in [3.8, 4) is 5.75 Å². The fourth-order valence-corrected chi connectivity index (χ4v) is 3.49. The minimum atomic E-state index is -3.94. The average Bonchev–Trinajstić information content (AvgIpc) is 2.60. The molecule has 0 saturated heterocycles. The molecule has 0 unspecified atom stereocenters. The Balaban J connectivity index is 1.83. The molecule has 3 aromatic carbocycles. The third kappa shape index (κ3) is 2.92. The van der Waals surface area contributed by atoms with Crippen molar-refractivity contribution in [1.29, 1.82) is 0 Å². The number of aromatic nitrogens is 2. The summed E-state index contributed by atoms with van der Waals surface area (Å²) in [6.45, 7) is 1.89. The standard InChI is InChI=1S/C19H14N2O3S/c1-13-9-11-14(12-10-13)25(22,23)24-18-8-4-7-17-19(18)21-16-6-3-2-5-15(16)20-17/h2-12H,1H3. The van der Waals surface area contributed by atoms with Crippen LogP contribution in [0, 0.1) is 6.92 Å². The maximum absolute atomic E-state index is 12.5. The minimum absolute atomic E-state index is 0.101. The van der Waals surface area contributed by atoms with Crippen molar-refractivity contribution < 1.29 is 12.6 Å². The van der Waals surface area contributed by atoms with Gasteiger partial charge in [0, 0.05) is 0 Å². The highest BCUT2D eigenvalue weighted by Crippen LogP contribution is 2.27. The molecule has 1 aromatic heterocycles. The maximum Gasteiger partial charge on any atom is 0.339 e. The van der Waals surface area contributed by atoms with Gasteiger partial charge in [-0.05, 0) is 43.3 Å². The van der Waals surface area contributed by atoms with Gasteiger partial charge in [-0.1, -0.05) is 35.9 Å². The van der Waals surface area contributed by atoms with Crippen LogP contribution in [0.1, 0.15) is 5.56 Å². The van der Waals surface area contributed by atoms with E-state index in [-0.39, 0.29) is 10.6 Å². The van der Waals surface area contributed by atoms with Gasteiger partial charge in [-0.15, -0.1) is 0 Å². The molecule has 0 aliphatic heterocycles. The molecule has 25 heavy (non-hydrogen) atoms. The Morgan fingerprint density at radius 2 is 1.40 bits per heavy atom. The summed E-state index contributed by atoms with van der Waals surface area (Å²) in [6, 6.07) is 19.0. The quantitative estimate of drug-likeness (QED) is 0.414. The first kappa shape index (κ1) is 15.5. The van der Waals surface area contributed by atoms with E-state index in [4.69, 9.17) is 4.18 Å². The van der Waals surface area contributed by atoms with Crippen molar-refractivity contribution in [3.05, 3.63) is 72.3 Å². The van der Waals surface area contributed by atoms with Crippen LogP contribution >= 0.6 is 0 Å². The molecule has 0 atom stereocenters. The number of rotatable bonds is 3. The Hall–Kier alpha value is -2.99. The topological polar surface area (TPSA) is 69.2 Å². The van der Waals surface area contributed by atoms with Crippen molar-refractivity contribution in [2.45, 2.75) is 11.8 Å². The fourth-order valence-electron chi connectivity index (χ4n) is 2.56. The van der Waals surface area contributed by atoms with E-state index in [9.17, 15) is 8.42 Å². The SMILES string of the molecule is Cc1ccc(S(=O)(=O)Oc2cccc3nc4ccccc4nc23)cc1. The Kier molecular flexibility index (Phi) is 3.62. The van der Waals surface area contributed by atoms with Gasteiger partial charge < -0.3 is 4.18 Å². The van der Waals surface area contributed by atoms with Crippen LogP contribution in [-0.4, -0.2) is 18.4 Å². The van der Waals surface area contributed by atoms with Gasteiger partial charge in [0.1, 0.15) is 10.4 Å². The second kappa shape index (κ2) is 5.82. The first-order valence-corrected chi connectivity index (χ1v) is 9.10. The van der Waals surface area contributed by atoms with E-state index in [0.717, 1.165) is 11.1 Å². The molecule has 4 aromatic rings. The lowest BCUT2D eigenvalue weighted by Crippen LogP contribution is -2.10. The highest BCUT2D eigenvalue weighted by Gasteiger charge is 2.19. The minimum Gasteiger partial charge on any atom is -0.377 e. The van der Waals surface area contributed by atoms with Gasteiger partial charge >= 0.3 is 10.1 Å². The molecule has 0 amide bonds. The number of fused-ring (bicyclic) bond motifs is 2. The van der Waals surface area contributed by atoms with Crippen LogP contribution in [0.4, 0.5) is 0 Å². The average molecular weight is 350 g/mol. The van der Waals surface area contributed by atoms with Crippen molar-refractivity contribution in [2.24, 2.45) is 0 Å². The molecule has 0 spiro atoms. The first-order chi connectivity index (χ1) is 12.0. The molecule has 5 nitrogen and oxygen atoms in total. The second-order valence-electron chi connectivity index (χ2n) is 5.69. The molecule has 0 bridgehead atoms. The van der Waals surface area contributed by atoms with Crippen molar-refractivity contribution >= 4 is 32.2 Å². The summed E-state index contributed by atoms with van der Waals surface area (Å²) in [5.74, 6) is 0.163. The van der Waals surface area contributed by atoms with E-state index in [1.807, 2.05) is 31.2 Å². The van der Waals surface area contributed by atoms with Crippen LogP contribution in [0.5, 0.6) is 5.75 Å². The van der Waals surface area contributed by atoms with Gasteiger partial charge in [0.25, 0.3) is 0 Å². The molecule has 0 fully saturated rings. The monoisotopic (exact) mass is 350 g/mol. The van der Waals surface area contributed by atoms with E-state index in [1.54, 1.807) is 30.3 Å². The van der Waals surface area contributed by atoms with E-state index in [2.05, 4.69) is 9.97 Å². The Morgan fingerprint density at radius 1 is 0.760 bits per heavy atom. The van der Waals surface area contributed by atoms with Gasteiger partial charge in [-0.25, -0.2) is 9.97 Å². The van der Waals surface area contributed by atoms with Crippen LogP contribution in [0.15, 0.2) is 71.6 Å². The summed E-state index contributed by atoms with van der Waals surface area (Å²) in [4.78, 5) is 9.13. The zero-order chi connectivity index (χ0) is 17.4. The summed E-state index contributed by atoms with van der Waals surface area (Å²) >= 11 is 0. The number of benzene rings is 3. The second-order valence-corrected chi connectivity index (χ2v) is 7.23.